The number of esters is 2. The van der Waals surface area contributed by atoms with Crippen molar-refractivity contribution in [3.63, 3.8) is 0 Å². The summed E-state index contributed by atoms with van der Waals surface area (Å²) in [6.45, 7) is 0. The van der Waals surface area contributed by atoms with Crippen LogP contribution in [-0.4, -0.2) is 46.3 Å². The minimum absolute atomic E-state index is 0.0104. The fourth-order valence-electron chi connectivity index (χ4n) is 7.47. The first-order valence-corrected chi connectivity index (χ1v) is 32.1. The minimum atomic E-state index is -4.94. The fourth-order valence-corrected chi connectivity index (χ4v) is 31.1. The van der Waals surface area contributed by atoms with E-state index in [2.05, 4.69) is 182 Å². The number of hydrogen-bond acceptors (Lipinski definition) is 18. The van der Waals surface area contributed by atoms with Crippen LogP contribution in [0.5, 0.6) is 0 Å². The molecular weight excluding hydrogens is 1090 g/mol. The normalized spacial score (nSPS) is 16.1. The van der Waals surface area contributed by atoms with Crippen LogP contribution in [0, 0.1) is 20.5 Å². The van der Waals surface area contributed by atoms with E-state index in [1.807, 2.05) is 0 Å². The van der Waals surface area contributed by atoms with Crippen molar-refractivity contribution in [3.8, 4) is 0 Å². The van der Waals surface area contributed by atoms with Crippen LogP contribution in [0.3, 0.4) is 0 Å². The van der Waals surface area contributed by atoms with Gasteiger partial charge in [-0.05, 0) is 72.8 Å². The van der Waals surface area contributed by atoms with Gasteiger partial charge in [0.05, 0.1) is 22.7 Å². The van der Waals surface area contributed by atoms with Crippen molar-refractivity contribution in [1.82, 2.24) is 0 Å². The van der Waals surface area contributed by atoms with Crippen molar-refractivity contribution in [2.24, 2.45) is 0 Å². The maximum atomic E-state index is 13.6. The van der Waals surface area contributed by atoms with Crippen molar-refractivity contribution in [1.29, 1.82) is 0 Å². The van der Waals surface area contributed by atoms with Crippen LogP contribution >= 0.6 is 85.1 Å². The van der Waals surface area contributed by atoms with Crippen LogP contribution in [-0.2, 0) is 19.1 Å². The van der Waals surface area contributed by atoms with Crippen molar-refractivity contribution in [2.45, 2.75) is 8.65 Å². The molecule has 2 aliphatic heterocycles. The summed E-state index contributed by atoms with van der Waals surface area (Å²) in [5, 5.41) is 7.62. The molecule has 6 aromatic rings. The van der Waals surface area contributed by atoms with Gasteiger partial charge in [0, 0.05) is 11.5 Å². The molecule has 0 amide bonds. The molecule has 2 atom stereocenters. The van der Waals surface area contributed by atoms with E-state index in [1.54, 1.807) is 70.6 Å². The van der Waals surface area contributed by atoms with Crippen LogP contribution in [0.1, 0.15) is 0 Å². The Morgan fingerprint density at radius 2 is 0.614 bits per heavy atom. The second kappa shape index (κ2) is 26.3. The highest BCUT2D eigenvalue weighted by Crippen LogP contribution is 2.74. The molecule has 0 aromatic heterocycles. The molecule has 2 unspecified atom stereocenters. The van der Waals surface area contributed by atoms with Crippen LogP contribution in [0.25, 0.3) is 0 Å². The number of hydrogen-bond donors (Lipinski definition) is 0. The third kappa shape index (κ3) is 14.4. The summed E-state index contributed by atoms with van der Waals surface area (Å²) in [7, 11) is -11.6. The summed E-state index contributed by atoms with van der Waals surface area (Å²) in [6, 6.07) is 64.8. The van der Waals surface area contributed by atoms with Gasteiger partial charge in [0.1, 0.15) is 56.2 Å². The molecule has 0 bridgehead atoms. The lowest BCUT2D eigenvalue weighted by Crippen LogP contribution is -2.68. The number of carbonyl (C=O) groups excluding carboxylic acids is 2. The van der Waals surface area contributed by atoms with Crippen LogP contribution in [0.15, 0.2) is 200 Å². The van der Waals surface area contributed by atoms with E-state index in [-0.39, 0.29) is 20.6 Å². The topological polar surface area (TPSA) is 237 Å². The van der Waals surface area contributed by atoms with E-state index < -0.39 is 35.0 Å². The molecule has 0 spiro atoms. The molecule has 366 valence electrons. The zero-order valence-corrected chi connectivity index (χ0v) is 45.1. The third-order valence-electron chi connectivity index (χ3n) is 10.1. The van der Waals surface area contributed by atoms with E-state index in [0.717, 1.165) is 20.0 Å². The molecule has 0 radical (unpaired) electrons. The molecule has 2 aliphatic rings. The van der Waals surface area contributed by atoms with Crippen molar-refractivity contribution in [2.75, 3.05) is 25.7 Å². The molecule has 0 saturated carbocycles. The molecule has 12 nitrogen and oxygen atoms in total. The quantitative estimate of drug-likeness (QED) is 0.0796. The molecule has 70 heavy (non-hydrogen) atoms. The number of methoxy groups -OCH3 is 2. The van der Waals surface area contributed by atoms with E-state index in [1.165, 1.54) is 46.0 Å². The van der Waals surface area contributed by atoms with Crippen LogP contribution in [0.4, 0.5) is 0 Å². The lowest BCUT2D eigenvalue weighted by Gasteiger charge is -2.31. The monoisotopic (exact) mass is 1130 g/mol. The number of thioether (sulfide) groups is 6. The number of benzene rings is 6. The van der Waals surface area contributed by atoms with Crippen molar-refractivity contribution < 1.29 is 76.8 Å². The second-order valence-electron chi connectivity index (χ2n) is 14.2. The first-order valence-electron chi connectivity index (χ1n) is 20.4. The Kier molecular flexibility index (Phi) is 21.1. The van der Waals surface area contributed by atoms with E-state index in [9.17, 15) is 9.59 Å². The average molecular weight is 1140 g/mol. The van der Waals surface area contributed by atoms with Gasteiger partial charge in [-0.25, -0.2) is 46.9 Å². The van der Waals surface area contributed by atoms with E-state index in [0.29, 0.717) is 9.81 Å². The fraction of sp³-hybridized carbons (Fsp3) is 0.125. The number of carbonyl (C=O) groups is 2. The first-order chi connectivity index (χ1) is 33.5. The summed E-state index contributed by atoms with van der Waals surface area (Å²) < 4.78 is 80.8. The Bertz CT molecular complexity index is 2300. The van der Waals surface area contributed by atoms with Gasteiger partial charge in [0.25, 0.3) is 0 Å². The maximum Gasteiger partial charge on any atom is 0.346 e. The maximum absolute atomic E-state index is 13.6. The molecule has 0 fully saturated rings. The highest BCUT2D eigenvalue weighted by Gasteiger charge is 2.58. The largest absolute Gasteiger partial charge is 0.465 e. The Labute approximate surface area is 436 Å². The predicted molar refractivity (Wildman–Crippen MR) is 271 cm³/mol. The molecule has 0 aliphatic carbocycles. The Morgan fingerprint density at radius 3 is 0.800 bits per heavy atom. The summed E-state index contributed by atoms with van der Waals surface area (Å²) >= 11 is 10.3. The summed E-state index contributed by atoms with van der Waals surface area (Å²) in [5.41, 5.74) is 0. The molecule has 8 rings (SSSR count). The van der Waals surface area contributed by atoms with Gasteiger partial charge in [-0.1, -0.05) is 156 Å². The molecule has 0 saturated heterocycles. The zero-order chi connectivity index (χ0) is 50.4. The SMILES string of the molecule is COC(=O)C1=C(SCCSC2=C(C(=O)OC)SC([P+](c3ccccc3)(c3ccccc3)c3ccccc3)S2)SC([P+](c2ccccc2)(c2ccccc2)c2ccccc2)S1.[O-][Cl+3]([O-])([O-])[O-].[O-][Cl+3]([O-])([O-])[O-]. The number of halogens is 2. The zero-order valence-electron chi connectivity index (χ0n) is 36.9. The van der Waals surface area contributed by atoms with Gasteiger partial charge in [-0.3, -0.25) is 0 Å². The third-order valence-corrected chi connectivity index (χ3v) is 30.9. The molecule has 0 N–H and O–H groups in total. The van der Waals surface area contributed by atoms with Gasteiger partial charge < -0.3 is 9.47 Å². The Morgan fingerprint density at radius 1 is 0.414 bits per heavy atom. The standard InChI is InChI=1S/C48H42O4P2S6.2ClHO4/c1-51-43(49)41-45(59-47(57-41)53(35-21-9-3-10-22-35,36-23-11-4-12-24-36)37-25-13-5-14-26-37)55-33-34-56-46-42(44(50)52-2)58-48(60-46)54(38-27-15-6-16-28-38,39-29-17-7-18-30-39)40-31-19-8-20-32-40;2*2-1(3,4)5/h3-32,47-48H,33-34H2,1-2H3;2*(H,2,3,4,5)/q+2;;/p-2. The summed E-state index contributed by atoms with van der Waals surface area (Å²) in [4.78, 5) is 28.5. The highest BCUT2D eigenvalue weighted by atomic mass is 35.7. The summed E-state index contributed by atoms with van der Waals surface area (Å²) in [6.07, 6.45) is 0. The molecule has 22 heteroatoms. The van der Waals surface area contributed by atoms with Crippen LogP contribution < -0.4 is 69.1 Å². The molecule has 2 heterocycles. The average Bonchev–Trinajstić information content (AvgIpc) is 3.99. The van der Waals surface area contributed by atoms with Gasteiger partial charge >= 0.3 is 11.9 Å². The lowest BCUT2D eigenvalue weighted by molar-refractivity contribution is -2.00. The Balaban J connectivity index is 0.000000731. The van der Waals surface area contributed by atoms with E-state index >= 15 is 0 Å². The van der Waals surface area contributed by atoms with Gasteiger partial charge in [0.15, 0.2) is 8.65 Å². The molecule has 6 aromatic carbocycles. The van der Waals surface area contributed by atoms with Gasteiger partial charge in [0.2, 0.25) is 0 Å². The van der Waals surface area contributed by atoms with Crippen molar-refractivity contribution in [3.05, 3.63) is 200 Å². The first kappa shape index (κ1) is 56.3. The van der Waals surface area contributed by atoms with Gasteiger partial charge in [-0.2, -0.15) is 0 Å². The highest BCUT2D eigenvalue weighted by molar-refractivity contribution is 8.40. The van der Waals surface area contributed by atoms with Crippen molar-refractivity contribution >= 4 is 129 Å². The number of ether oxygens (including phenoxy) is 2. The van der Waals surface area contributed by atoms with Crippen LogP contribution in [0.2, 0.25) is 0 Å². The lowest BCUT2D eigenvalue weighted by atomic mass is 10.4. The predicted octanol–water partition coefficient (Wildman–Crippen LogP) is 1.14. The second-order valence-corrected chi connectivity index (χ2v) is 31.9. The smallest absolute Gasteiger partial charge is 0.346 e. The molecular formula is C48H42Cl2O12P2S6. The Hall–Kier alpha value is -3.04. The minimum Gasteiger partial charge on any atom is -0.465 e. The van der Waals surface area contributed by atoms with E-state index in [4.69, 9.17) is 46.7 Å². The number of rotatable bonds is 15. The summed E-state index contributed by atoms with van der Waals surface area (Å²) in [5.74, 6) is 0.861. The van der Waals surface area contributed by atoms with Gasteiger partial charge in [-0.15, -0.1) is 44.0 Å².